The average molecular weight is 310 g/mol. The van der Waals surface area contributed by atoms with E-state index >= 15 is 0 Å². The Morgan fingerprint density at radius 1 is 0.850 bits per heavy atom. The van der Waals surface area contributed by atoms with Gasteiger partial charge in [-0.2, -0.15) is 26.3 Å². The monoisotopic (exact) mass is 310 g/mol. The molecule has 0 unspecified atom stereocenters. The van der Waals surface area contributed by atoms with Crippen LogP contribution in [0.3, 0.4) is 0 Å². The number of esters is 1. The molecule has 20 heavy (non-hydrogen) atoms. The van der Waals surface area contributed by atoms with E-state index in [2.05, 4.69) is 4.74 Å². The quantitative estimate of drug-likeness (QED) is 0.629. The van der Waals surface area contributed by atoms with Crippen molar-refractivity contribution in [2.24, 2.45) is 5.41 Å². The molecule has 0 rings (SSSR count). The largest absolute Gasteiger partial charge is 0.455 e. The highest BCUT2D eigenvalue weighted by Gasteiger charge is 2.78. The van der Waals surface area contributed by atoms with Gasteiger partial charge in [-0.05, 0) is 34.6 Å². The van der Waals surface area contributed by atoms with E-state index in [0.717, 1.165) is 0 Å². The van der Waals surface area contributed by atoms with Gasteiger partial charge in [0.25, 0.3) is 5.60 Å². The fourth-order valence-corrected chi connectivity index (χ4v) is 1.30. The zero-order valence-electron chi connectivity index (χ0n) is 11.5. The van der Waals surface area contributed by atoms with Gasteiger partial charge < -0.3 is 9.84 Å². The van der Waals surface area contributed by atoms with Gasteiger partial charge in [0.15, 0.2) is 5.60 Å². The summed E-state index contributed by atoms with van der Waals surface area (Å²) in [5.41, 5.74) is -9.74. The number of rotatable bonds is 2. The Balaban J connectivity index is 5.79. The third-order valence-corrected chi connectivity index (χ3v) is 2.65. The van der Waals surface area contributed by atoms with Crippen LogP contribution in [0.2, 0.25) is 0 Å². The minimum Gasteiger partial charge on any atom is -0.455 e. The van der Waals surface area contributed by atoms with Crippen LogP contribution in [-0.2, 0) is 9.53 Å². The number of hydrogen-bond acceptors (Lipinski definition) is 3. The molecule has 0 saturated carbocycles. The Bertz CT molecular complexity index is 361. The second-order valence-corrected chi connectivity index (χ2v) is 5.86. The van der Waals surface area contributed by atoms with Gasteiger partial charge in [0, 0.05) is 0 Å². The van der Waals surface area contributed by atoms with Crippen molar-refractivity contribution < 1.29 is 41.0 Å². The molecule has 120 valence electrons. The van der Waals surface area contributed by atoms with Crippen molar-refractivity contribution in [3.8, 4) is 0 Å². The van der Waals surface area contributed by atoms with Crippen molar-refractivity contribution in [2.75, 3.05) is 0 Å². The molecule has 1 N–H and O–H groups in total. The highest BCUT2D eigenvalue weighted by Crippen LogP contribution is 2.50. The first-order valence-electron chi connectivity index (χ1n) is 5.47. The predicted octanol–water partition coefficient (Wildman–Crippen LogP) is 3.21. The summed E-state index contributed by atoms with van der Waals surface area (Å²) in [7, 11) is 0. The Kier molecular flexibility index (Phi) is 4.55. The summed E-state index contributed by atoms with van der Waals surface area (Å²) in [6.07, 6.45) is -12.1. The molecule has 0 heterocycles. The van der Waals surface area contributed by atoms with Gasteiger partial charge in [-0.15, -0.1) is 0 Å². The normalized spacial score (nSPS) is 15.2. The highest BCUT2D eigenvalue weighted by molar-refractivity contribution is 5.76. The molecule has 0 bridgehead atoms. The summed E-state index contributed by atoms with van der Waals surface area (Å²) in [4.78, 5) is 11.5. The first-order chi connectivity index (χ1) is 8.38. The van der Waals surface area contributed by atoms with Gasteiger partial charge in [0.05, 0.1) is 5.41 Å². The minimum atomic E-state index is -6.06. The Hall–Kier alpha value is -0.990. The van der Waals surface area contributed by atoms with Crippen LogP contribution in [0.1, 0.15) is 34.6 Å². The zero-order chi connectivity index (χ0) is 16.8. The summed E-state index contributed by atoms with van der Waals surface area (Å²) in [6, 6.07) is 0. The van der Waals surface area contributed by atoms with Gasteiger partial charge in [-0.25, -0.2) is 0 Å². The van der Waals surface area contributed by atoms with E-state index in [9.17, 15) is 36.2 Å². The van der Waals surface area contributed by atoms with Gasteiger partial charge in [-0.3, -0.25) is 4.79 Å². The summed E-state index contributed by atoms with van der Waals surface area (Å²) in [5.74, 6) is -1.30. The summed E-state index contributed by atoms with van der Waals surface area (Å²) < 4.78 is 80.4. The minimum absolute atomic E-state index is 0.359. The number of alkyl halides is 6. The van der Waals surface area contributed by atoms with Gasteiger partial charge >= 0.3 is 18.3 Å². The molecule has 0 atom stereocenters. The third-order valence-electron chi connectivity index (χ3n) is 2.65. The van der Waals surface area contributed by atoms with E-state index in [0.29, 0.717) is 13.8 Å². The third kappa shape index (κ3) is 3.18. The SMILES string of the molecule is CC(C)(C)C(=O)OC(C)(C)C(O)(C(F)(F)F)C(F)(F)F. The molecule has 3 nitrogen and oxygen atoms in total. The highest BCUT2D eigenvalue weighted by atomic mass is 19.4. The fraction of sp³-hybridized carbons (Fsp3) is 0.909. The molecular formula is C11H16F6O3. The van der Waals surface area contributed by atoms with E-state index in [1.807, 2.05) is 0 Å². The molecule has 0 aliphatic rings. The maximum Gasteiger partial charge on any atom is 0.430 e. The van der Waals surface area contributed by atoms with E-state index in [-0.39, 0.29) is 0 Å². The molecular weight excluding hydrogens is 294 g/mol. The lowest BCUT2D eigenvalue weighted by molar-refractivity contribution is -0.408. The summed E-state index contributed by atoms with van der Waals surface area (Å²) >= 11 is 0. The van der Waals surface area contributed by atoms with Crippen molar-refractivity contribution in [1.29, 1.82) is 0 Å². The lowest BCUT2D eigenvalue weighted by Gasteiger charge is -2.44. The molecule has 0 fully saturated rings. The molecule has 0 aromatic carbocycles. The number of carbonyl (C=O) groups is 1. The number of halogens is 6. The topological polar surface area (TPSA) is 46.5 Å². The van der Waals surface area contributed by atoms with Gasteiger partial charge in [0.2, 0.25) is 0 Å². The van der Waals surface area contributed by atoms with Crippen LogP contribution in [0.5, 0.6) is 0 Å². The second-order valence-electron chi connectivity index (χ2n) is 5.86. The first kappa shape index (κ1) is 19.0. The molecule has 0 spiro atoms. The number of hydrogen-bond donors (Lipinski definition) is 1. The van der Waals surface area contributed by atoms with Crippen LogP contribution < -0.4 is 0 Å². The predicted molar refractivity (Wildman–Crippen MR) is 56.7 cm³/mol. The van der Waals surface area contributed by atoms with E-state index in [1.165, 1.54) is 20.8 Å². The van der Waals surface area contributed by atoms with Crippen LogP contribution in [0, 0.1) is 5.41 Å². The number of aliphatic hydroxyl groups is 1. The van der Waals surface area contributed by atoms with E-state index in [1.54, 1.807) is 0 Å². The molecule has 0 aliphatic carbocycles. The summed E-state index contributed by atoms with van der Waals surface area (Å²) in [5, 5.41) is 9.20. The molecule has 0 amide bonds. The molecule has 0 aromatic rings. The standard InChI is InChI=1S/C11H16F6O3/c1-7(2,3)6(18)20-8(4,5)9(19,10(12,13)14)11(15,16)17/h19H,1-5H3. The Morgan fingerprint density at radius 2 is 1.15 bits per heavy atom. The Morgan fingerprint density at radius 3 is 1.35 bits per heavy atom. The number of carbonyl (C=O) groups excluding carboxylic acids is 1. The molecule has 0 aromatic heterocycles. The average Bonchev–Trinajstić information content (AvgIpc) is 2.10. The van der Waals surface area contributed by atoms with Crippen molar-refractivity contribution in [2.45, 2.75) is 58.2 Å². The lowest BCUT2D eigenvalue weighted by atomic mass is 9.83. The number of ether oxygens (including phenoxy) is 1. The first-order valence-corrected chi connectivity index (χ1v) is 5.47. The molecule has 0 radical (unpaired) electrons. The summed E-state index contributed by atoms with van der Waals surface area (Å²) in [6.45, 7) is 4.48. The maximum absolute atomic E-state index is 12.7. The van der Waals surface area contributed by atoms with Gasteiger partial charge in [0.1, 0.15) is 0 Å². The van der Waals surface area contributed by atoms with Crippen molar-refractivity contribution in [1.82, 2.24) is 0 Å². The van der Waals surface area contributed by atoms with Crippen LogP contribution in [0.15, 0.2) is 0 Å². The Labute approximate surface area is 111 Å². The maximum atomic E-state index is 12.7. The van der Waals surface area contributed by atoms with Gasteiger partial charge in [-0.1, -0.05) is 0 Å². The van der Waals surface area contributed by atoms with E-state index < -0.39 is 34.9 Å². The lowest BCUT2D eigenvalue weighted by Crippen LogP contribution is -2.70. The van der Waals surface area contributed by atoms with Crippen molar-refractivity contribution in [3.63, 3.8) is 0 Å². The van der Waals surface area contributed by atoms with E-state index in [4.69, 9.17) is 0 Å². The smallest absolute Gasteiger partial charge is 0.430 e. The molecule has 9 heteroatoms. The molecule has 0 saturated heterocycles. The van der Waals surface area contributed by atoms with Crippen LogP contribution >= 0.6 is 0 Å². The van der Waals surface area contributed by atoms with Crippen molar-refractivity contribution >= 4 is 5.97 Å². The van der Waals surface area contributed by atoms with Crippen molar-refractivity contribution in [3.05, 3.63) is 0 Å². The van der Waals surface area contributed by atoms with Crippen LogP contribution in [-0.4, -0.2) is 34.6 Å². The van der Waals surface area contributed by atoms with Crippen LogP contribution in [0.4, 0.5) is 26.3 Å². The van der Waals surface area contributed by atoms with Crippen LogP contribution in [0.25, 0.3) is 0 Å². The fourth-order valence-electron chi connectivity index (χ4n) is 1.30. The second kappa shape index (κ2) is 4.78. The zero-order valence-corrected chi connectivity index (χ0v) is 11.5. The molecule has 0 aliphatic heterocycles.